The van der Waals surface area contributed by atoms with Gasteiger partial charge < -0.3 is 9.47 Å². The Morgan fingerprint density at radius 1 is 0.906 bits per heavy atom. The molecule has 5 nitrogen and oxygen atoms in total. The summed E-state index contributed by atoms with van der Waals surface area (Å²) in [6, 6.07) is 13.7. The Kier molecular flexibility index (Phi) is 6.50. The molecule has 0 unspecified atom stereocenters. The van der Waals surface area contributed by atoms with Crippen LogP contribution >= 0.6 is 0 Å². The van der Waals surface area contributed by atoms with Gasteiger partial charge in [0.15, 0.2) is 0 Å². The predicted octanol–water partition coefficient (Wildman–Crippen LogP) is 4.40. The van der Waals surface area contributed by atoms with Crippen molar-refractivity contribution in [1.82, 2.24) is 4.31 Å². The third kappa shape index (κ3) is 4.95. The first-order chi connectivity index (χ1) is 15.3. The van der Waals surface area contributed by atoms with E-state index in [-0.39, 0.29) is 38.7 Å². The van der Waals surface area contributed by atoms with Crippen LogP contribution in [0.1, 0.15) is 16.7 Å². The molecule has 32 heavy (non-hydrogen) atoms. The lowest BCUT2D eigenvalue weighted by molar-refractivity contribution is 0.107. The summed E-state index contributed by atoms with van der Waals surface area (Å²) >= 11 is 0. The van der Waals surface area contributed by atoms with E-state index in [4.69, 9.17) is 9.47 Å². The molecule has 0 aromatic heterocycles. The van der Waals surface area contributed by atoms with Crippen LogP contribution in [0, 0.1) is 17.5 Å². The van der Waals surface area contributed by atoms with Gasteiger partial charge in [-0.25, -0.2) is 21.6 Å². The molecular weight excluding hydrogens is 443 g/mol. The van der Waals surface area contributed by atoms with Crippen molar-refractivity contribution < 1.29 is 31.1 Å². The minimum Gasteiger partial charge on any atom is -0.492 e. The topological polar surface area (TPSA) is 55.8 Å². The fourth-order valence-corrected chi connectivity index (χ4v) is 4.92. The second-order valence-electron chi connectivity index (χ2n) is 7.33. The van der Waals surface area contributed by atoms with E-state index < -0.39 is 26.6 Å². The van der Waals surface area contributed by atoms with Crippen LogP contribution in [-0.2, 0) is 34.5 Å². The molecule has 0 saturated heterocycles. The smallest absolute Gasteiger partial charge is 0.246 e. The molecule has 1 heterocycles. The van der Waals surface area contributed by atoms with Crippen molar-refractivity contribution in [3.05, 3.63) is 94.8 Å². The molecule has 0 N–H and O–H groups in total. The molecule has 168 valence electrons. The predicted molar refractivity (Wildman–Crippen MR) is 111 cm³/mol. The summed E-state index contributed by atoms with van der Waals surface area (Å²) in [5, 5.41) is 0. The minimum absolute atomic E-state index is 0.0155. The first-order valence-corrected chi connectivity index (χ1v) is 11.3. The van der Waals surface area contributed by atoms with Crippen LogP contribution in [0.2, 0.25) is 0 Å². The van der Waals surface area contributed by atoms with E-state index in [1.165, 1.54) is 12.1 Å². The number of benzene rings is 3. The molecule has 1 aliphatic rings. The van der Waals surface area contributed by atoms with Crippen LogP contribution in [0.4, 0.5) is 13.2 Å². The van der Waals surface area contributed by atoms with E-state index in [2.05, 4.69) is 0 Å². The van der Waals surface area contributed by atoms with Crippen LogP contribution in [0.3, 0.4) is 0 Å². The Labute approximate surface area is 184 Å². The van der Waals surface area contributed by atoms with Gasteiger partial charge in [0.05, 0.1) is 13.2 Å². The average Bonchev–Trinajstić information content (AvgIpc) is 2.98. The Morgan fingerprint density at radius 2 is 1.66 bits per heavy atom. The van der Waals surface area contributed by atoms with E-state index in [1.54, 1.807) is 30.3 Å². The molecule has 0 radical (unpaired) electrons. The number of hydrogen-bond acceptors (Lipinski definition) is 4. The van der Waals surface area contributed by atoms with Crippen molar-refractivity contribution in [1.29, 1.82) is 0 Å². The average molecular weight is 463 g/mol. The van der Waals surface area contributed by atoms with Crippen molar-refractivity contribution in [2.45, 2.75) is 24.7 Å². The lowest BCUT2D eigenvalue weighted by Gasteiger charge is -2.20. The molecule has 9 heteroatoms. The van der Waals surface area contributed by atoms with Crippen molar-refractivity contribution in [2.24, 2.45) is 0 Å². The standard InChI is InChI=1S/C23H20F3NO4S/c24-19-3-1-2-16(11-19)14-30-15-17-4-7-22-18(10-17)13-27(8-9-31-22)32(28,29)23-12-20(25)5-6-21(23)26/h1-7,10-12H,8-9,13-15H2. The number of halogens is 3. The van der Waals surface area contributed by atoms with Gasteiger partial charge in [-0.3, -0.25) is 0 Å². The highest BCUT2D eigenvalue weighted by Gasteiger charge is 2.30. The fraction of sp³-hybridized carbons (Fsp3) is 0.217. The van der Waals surface area contributed by atoms with E-state index in [9.17, 15) is 21.6 Å². The monoisotopic (exact) mass is 463 g/mol. The summed E-state index contributed by atoms with van der Waals surface area (Å²) in [5.41, 5.74) is 2.03. The Morgan fingerprint density at radius 3 is 2.44 bits per heavy atom. The summed E-state index contributed by atoms with van der Waals surface area (Å²) in [6.07, 6.45) is 0. The summed E-state index contributed by atoms with van der Waals surface area (Å²) < 4.78 is 79.3. The van der Waals surface area contributed by atoms with Gasteiger partial charge in [-0.2, -0.15) is 4.31 Å². The van der Waals surface area contributed by atoms with Gasteiger partial charge in [0, 0.05) is 18.7 Å². The van der Waals surface area contributed by atoms with E-state index in [0.29, 0.717) is 22.9 Å². The Balaban J connectivity index is 1.51. The van der Waals surface area contributed by atoms with Crippen molar-refractivity contribution >= 4 is 10.0 Å². The van der Waals surface area contributed by atoms with Crippen molar-refractivity contribution in [3.8, 4) is 5.75 Å². The first kappa shape index (κ1) is 22.3. The largest absolute Gasteiger partial charge is 0.492 e. The second kappa shape index (κ2) is 9.32. The maximum Gasteiger partial charge on any atom is 0.246 e. The number of nitrogens with zero attached hydrogens (tertiary/aromatic N) is 1. The quantitative estimate of drug-likeness (QED) is 0.544. The number of rotatable bonds is 6. The van der Waals surface area contributed by atoms with Gasteiger partial charge >= 0.3 is 0 Å². The zero-order chi connectivity index (χ0) is 22.7. The minimum atomic E-state index is -4.28. The Hall–Kier alpha value is -2.88. The molecule has 0 saturated carbocycles. The SMILES string of the molecule is O=S(=O)(c1cc(F)ccc1F)N1CCOc2ccc(COCc3cccc(F)c3)cc2C1. The van der Waals surface area contributed by atoms with Gasteiger partial charge in [-0.15, -0.1) is 0 Å². The number of ether oxygens (including phenoxy) is 2. The molecule has 0 amide bonds. The van der Waals surface area contributed by atoms with Crippen LogP contribution in [0.5, 0.6) is 5.75 Å². The molecule has 0 atom stereocenters. The summed E-state index contributed by atoms with van der Waals surface area (Å²) in [6.45, 7) is 0.419. The number of hydrogen-bond donors (Lipinski definition) is 0. The number of sulfonamides is 1. The lowest BCUT2D eigenvalue weighted by atomic mass is 10.1. The number of fused-ring (bicyclic) bond motifs is 1. The van der Waals surface area contributed by atoms with Crippen LogP contribution < -0.4 is 4.74 Å². The third-order valence-electron chi connectivity index (χ3n) is 5.01. The van der Waals surface area contributed by atoms with Crippen LogP contribution in [-0.4, -0.2) is 25.9 Å². The zero-order valence-electron chi connectivity index (χ0n) is 16.9. The van der Waals surface area contributed by atoms with Gasteiger partial charge in [0.25, 0.3) is 0 Å². The lowest BCUT2D eigenvalue weighted by Crippen LogP contribution is -2.33. The molecule has 1 aliphatic heterocycles. The molecule has 0 bridgehead atoms. The molecule has 0 spiro atoms. The maximum absolute atomic E-state index is 14.1. The van der Waals surface area contributed by atoms with Gasteiger partial charge in [0.2, 0.25) is 10.0 Å². The molecule has 3 aromatic carbocycles. The Bertz CT molecular complexity index is 1230. The normalized spacial score (nSPS) is 14.5. The van der Waals surface area contributed by atoms with Gasteiger partial charge in [0.1, 0.15) is 34.7 Å². The zero-order valence-corrected chi connectivity index (χ0v) is 17.7. The van der Waals surface area contributed by atoms with E-state index in [1.807, 2.05) is 0 Å². The molecular formula is C23H20F3NO4S. The highest BCUT2D eigenvalue weighted by molar-refractivity contribution is 7.89. The van der Waals surface area contributed by atoms with Crippen molar-refractivity contribution in [2.75, 3.05) is 13.2 Å². The van der Waals surface area contributed by atoms with Crippen molar-refractivity contribution in [3.63, 3.8) is 0 Å². The van der Waals surface area contributed by atoms with E-state index >= 15 is 0 Å². The van der Waals surface area contributed by atoms with E-state index in [0.717, 1.165) is 22.0 Å². The molecule has 0 aliphatic carbocycles. The second-order valence-corrected chi connectivity index (χ2v) is 9.23. The summed E-state index contributed by atoms with van der Waals surface area (Å²) in [7, 11) is -4.28. The van der Waals surface area contributed by atoms with Gasteiger partial charge in [-0.1, -0.05) is 18.2 Å². The highest BCUT2D eigenvalue weighted by atomic mass is 32.2. The molecule has 3 aromatic rings. The first-order valence-electron chi connectivity index (χ1n) is 9.85. The fourth-order valence-electron chi connectivity index (χ4n) is 3.45. The van der Waals surface area contributed by atoms with Gasteiger partial charge in [-0.05, 0) is 53.6 Å². The third-order valence-corrected chi connectivity index (χ3v) is 6.87. The maximum atomic E-state index is 14.1. The van der Waals surface area contributed by atoms with Crippen LogP contribution in [0.25, 0.3) is 0 Å². The molecule has 4 rings (SSSR count). The summed E-state index contributed by atoms with van der Waals surface area (Å²) in [4.78, 5) is -0.712. The highest BCUT2D eigenvalue weighted by Crippen LogP contribution is 2.29. The molecule has 0 fully saturated rings. The summed E-state index contributed by atoms with van der Waals surface area (Å²) in [5.74, 6) is -1.69. The van der Waals surface area contributed by atoms with Crippen LogP contribution in [0.15, 0.2) is 65.6 Å².